The molecule has 1 fully saturated rings. The van der Waals surface area contributed by atoms with Gasteiger partial charge in [0.15, 0.2) is 0 Å². The molecule has 1 saturated carbocycles. The summed E-state index contributed by atoms with van der Waals surface area (Å²) in [6.45, 7) is 0. The van der Waals surface area contributed by atoms with E-state index in [4.69, 9.17) is 0 Å². The molecular weight excluding hydrogens is 160 g/mol. The number of para-hydroxylation sites is 1. The minimum Gasteiger partial charge on any atom is -0.240 e. The second-order valence-corrected chi connectivity index (χ2v) is 3.56. The Bertz CT molecular complexity index is 447. The van der Waals surface area contributed by atoms with Crippen molar-refractivity contribution in [2.45, 2.75) is 18.8 Å². The van der Waals surface area contributed by atoms with E-state index in [0.717, 1.165) is 16.7 Å². The van der Waals surface area contributed by atoms with Gasteiger partial charge in [0.25, 0.3) is 0 Å². The summed E-state index contributed by atoms with van der Waals surface area (Å²) >= 11 is 0. The fourth-order valence-electron chi connectivity index (χ4n) is 1.52. The van der Waals surface area contributed by atoms with Crippen LogP contribution in [0, 0.1) is 0 Å². The second kappa shape index (κ2) is 2.52. The average Bonchev–Trinajstić information content (AvgIpc) is 3.00. The van der Waals surface area contributed by atoms with Crippen LogP contribution in [0.5, 0.6) is 0 Å². The molecule has 0 N–H and O–H groups in total. The highest BCUT2D eigenvalue weighted by Gasteiger charge is 2.26. The Morgan fingerprint density at radius 2 is 2.00 bits per heavy atom. The molecule has 0 radical (unpaired) electrons. The van der Waals surface area contributed by atoms with Crippen LogP contribution >= 0.6 is 0 Å². The zero-order valence-electron chi connectivity index (χ0n) is 7.27. The fourth-order valence-corrected chi connectivity index (χ4v) is 1.52. The van der Waals surface area contributed by atoms with Crippen LogP contribution in [0.25, 0.3) is 10.9 Å². The first kappa shape index (κ1) is 7.01. The highest BCUT2D eigenvalue weighted by atomic mass is 14.9. The summed E-state index contributed by atoms with van der Waals surface area (Å²) in [6, 6.07) is 8.13. The summed E-state index contributed by atoms with van der Waals surface area (Å²) in [5, 5.41) is 1.13. The van der Waals surface area contributed by atoms with E-state index < -0.39 is 0 Å². The molecule has 1 aliphatic carbocycles. The first-order chi connectivity index (χ1) is 6.43. The molecule has 0 spiro atoms. The first-order valence-corrected chi connectivity index (χ1v) is 4.65. The summed E-state index contributed by atoms with van der Waals surface area (Å²) in [6.07, 6.45) is 4.45. The second-order valence-electron chi connectivity index (χ2n) is 3.56. The molecule has 1 aromatic heterocycles. The molecular formula is C11H10N2. The van der Waals surface area contributed by atoms with Crippen LogP contribution in [0.3, 0.4) is 0 Å². The summed E-state index contributed by atoms with van der Waals surface area (Å²) in [4.78, 5) is 8.88. The van der Waals surface area contributed by atoms with Gasteiger partial charge in [-0.1, -0.05) is 18.2 Å². The number of hydrogen-bond donors (Lipinski definition) is 0. The van der Waals surface area contributed by atoms with E-state index in [1.165, 1.54) is 12.8 Å². The van der Waals surface area contributed by atoms with E-state index in [0.29, 0.717) is 5.92 Å². The van der Waals surface area contributed by atoms with Crippen molar-refractivity contribution in [2.24, 2.45) is 0 Å². The van der Waals surface area contributed by atoms with E-state index in [9.17, 15) is 0 Å². The Kier molecular flexibility index (Phi) is 1.36. The molecule has 0 amide bonds. The van der Waals surface area contributed by atoms with Crippen molar-refractivity contribution >= 4 is 10.9 Å². The van der Waals surface area contributed by atoms with Crippen molar-refractivity contribution in [2.75, 3.05) is 0 Å². The van der Waals surface area contributed by atoms with E-state index >= 15 is 0 Å². The average molecular weight is 170 g/mol. The highest BCUT2D eigenvalue weighted by molar-refractivity contribution is 5.77. The van der Waals surface area contributed by atoms with Gasteiger partial charge in [-0.2, -0.15) is 0 Å². The highest BCUT2D eigenvalue weighted by Crippen LogP contribution is 2.38. The first-order valence-electron chi connectivity index (χ1n) is 4.65. The standard InChI is InChI=1S/C11H10N2/c1-2-4-10-9(3-1)7-12-11(13-10)8-5-6-8/h1-4,7-8H,5-6H2. The van der Waals surface area contributed by atoms with Crippen molar-refractivity contribution < 1.29 is 0 Å². The maximum Gasteiger partial charge on any atom is 0.132 e. The molecule has 0 bridgehead atoms. The summed E-state index contributed by atoms with van der Waals surface area (Å²) in [5.41, 5.74) is 1.07. The largest absolute Gasteiger partial charge is 0.240 e. The van der Waals surface area contributed by atoms with E-state index in [1.54, 1.807) is 0 Å². The zero-order valence-corrected chi connectivity index (χ0v) is 7.27. The topological polar surface area (TPSA) is 25.8 Å². The van der Waals surface area contributed by atoms with Gasteiger partial charge in [-0.25, -0.2) is 9.97 Å². The van der Waals surface area contributed by atoms with Crippen LogP contribution < -0.4 is 0 Å². The molecule has 2 nitrogen and oxygen atoms in total. The lowest BCUT2D eigenvalue weighted by atomic mass is 10.2. The minimum absolute atomic E-state index is 0.643. The third-order valence-electron chi connectivity index (χ3n) is 2.45. The number of nitrogens with zero attached hydrogens (tertiary/aromatic N) is 2. The molecule has 0 saturated heterocycles. The molecule has 1 aromatic carbocycles. The number of benzene rings is 1. The van der Waals surface area contributed by atoms with Gasteiger partial charge in [-0.3, -0.25) is 0 Å². The molecule has 1 heterocycles. The van der Waals surface area contributed by atoms with Crippen LogP contribution in [-0.2, 0) is 0 Å². The van der Waals surface area contributed by atoms with Crippen molar-refractivity contribution in [3.05, 3.63) is 36.3 Å². The van der Waals surface area contributed by atoms with E-state index in [1.807, 2.05) is 30.5 Å². The van der Waals surface area contributed by atoms with Crippen LogP contribution in [0.4, 0.5) is 0 Å². The lowest BCUT2D eigenvalue weighted by molar-refractivity contribution is 0.948. The Labute approximate surface area is 76.6 Å². The smallest absolute Gasteiger partial charge is 0.132 e. The molecule has 2 aromatic rings. The quantitative estimate of drug-likeness (QED) is 0.657. The summed E-state index contributed by atoms with van der Waals surface area (Å²) in [7, 11) is 0. The predicted molar refractivity (Wildman–Crippen MR) is 51.5 cm³/mol. The third-order valence-corrected chi connectivity index (χ3v) is 2.45. The SMILES string of the molecule is c1ccc2nc(C3CC3)ncc2c1. The number of aromatic nitrogens is 2. The molecule has 13 heavy (non-hydrogen) atoms. The van der Waals surface area contributed by atoms with Gasteiger partial charge < -0.3 is 0 Å². The maximum atomic E-state index is 4.53. The van der Waals surface area contributed by atoms with Crippen LogP contribution in [0.2, 0.25) is 0 Å². The van der Waals surface area contributed by atoms with Crippen LogP contribution in [-0.4, -0.2) is 9.97 Å². The lowest BCUT2D eigenvalue weighted by Crippen LogP contribution is -1.91. The van der Waals surface area contributed by atoms with Gasteiger partial charge in [0.1, 0.15) is 5.82 Å². The fraction of sp³-hybridized carbons (Fsp3) is 0.273. The van der Waals surface area contributed by atoms with Crippen molar-refractivity contribution in [1.29, 1.82) is 0 Å². The van der Waals surface area contributed by atoms with Crippen LogP contribution in [0.15, 0.2) is 30.5 Å². The summed E-state index contributed by atoms with van der Waals surface area (Å²) in [5.74, 6) is 1.67. The van der Waals surface area contributed by atoms with E-state index in [-0.39, 0.29) is 0 Å². The van der Waals surface area contributed by atoms with Gasteiger partial charge in [-0.05, 0) is 18.9 Å². The number of hydrogen-bond acceptors (Lipinski definition) is 2. The van der Waals surface area contributed by atoms with Gasteiger partial charge in [-0.15, -0.1) is 0 Å². The Morgan fingerprint density at radius 3 is 2.85 bits per heavy atom. The number of fused-ring (bicyclic) bond motifs is 1. The predicted octanol–water partition coefficient (Wildman–Crippen LogP) is 2.51. The molecule has 0 atom stereocenters. The Hall–Kier alpha value is -1.44. The number of rotatable bonds is 1. The lowest BCUT2D eigenvalue weighted by Gasteiger charge is -1.98. The van der Waals surface area contributed by atoms with Gasteiger partial charge in [0, 0.05) is 17.5 Å². The summed E-state index contributed by atoms with van der Waals surface area (Å²) < 4.78 is 0. The monoisotopic (exact) mass is 170 g/mol. The van der Waals surface area contributed by atoms with Gasteiger partial charge in [0.2, 0.25) is 0 Å². The molecule has 0 aliphatic heterocycles. The molecule has 0 unspecified atom stereocenters. The zero-order chi connectivity index (χ0) is 8.67. The molecule has 2 heteroatoms. The Balaban J connectivity index is 2.21. The maximum absolute atomic E-state index is 4.53. The van der Waals surface area contributed by atoms with Gasteiger partial charge in [0.05, 0.1) is 5.52 Å². The van der Waals surface area contributed by atoms with Gasteiger partial charge >= 0.3 is 0 Å². The molecule has 64 valence electrons. The minimum atomic E-state index is 0.643. The van der Waals surface area contributed by atoms with Crippen molar-refractivity contribution in [3.8, 4) is 0 Å². The van der Waals surface area contributed by atoms with Crippen molar-refractivity contribution in [3.63, 3.8) is 0 Å². The Morgan fingerprint density at radius 1 is 1.15 bits per heavy atom. The van der Waals surface area contributed by atoms with E-state index in [2.05, 4.69) is 9.97 Å². The van der Waals surface area contributed by atoms with Crippen LogP contribution in [0.1, 0.15) is 24.6 Å². The molecule has 3 rings (SSSR count). The third kappa shape index (κ3) is 1.18. The normalized spacial score (nSPS) is 16.3. The molecule has 1 aliphatic rings. The van der Waals surface area contributed by atoms with Crippen molar-refractivity contribution in [1.82, 2.24) is 9.97 Å².